The summed E-state index contributed by atoms with van der Waals surface area (Å²) < 4.78 is 24.2. The number of ether oxygens (including phenoxy) is 2. The van der Waals surface area contributed by atoms with E-state index >= 15 is 0 Å². The van der Waals surface area contributed by atoms with E-state index in [0.717, 1.165) is 10.4 Å². The molecule has 5 nitrogen and oxygen atoms in total. The molecule has 1 N–H and O–H groups in total. The van der Waals surface area contributed by atoms with Crippen LogP contribution in [0.3, 0.4) is 0 Å². The Morgan fingerprint density at radius 1 is 1.33 bits per heavy atom. The Hall–Kier alpha value is -2.64. The fraction of sp³-hybridized carbons (Fsp3) is 0.158. The van der Waals surface area contributed by atoms with Gasteiger partial charge < -0.3 is 9.47 Å². The van der Waals surface area contributed by atoms with Crippen molar-refractivity contribution in [3.8, 4) is 11.5 Å². The number of thiazole rings is 1. The van der Waals surface area contributed by atoms with Gasteiger partial charge in [0.15, 0.2) is 16.6 Å². The molecule has 0 aliphatic carbocycles. The average Bonchev–Trinajstić information content (AvgIpc) is 3.27. The Balaban J connectivity index is 1.47. The van der Waals surface area contributed by atoms with E-state index in [1.54, 1.807) is 25.3 Å². The number of hydrogen-bond donors (Lipinski definition) is 1. The molecule has 1 aliphatic rings. The van der Waals surface area contributed by atoms with Crippen LogP contribution in [-0.2, 0) is 6.42 Å². The molecule has 0 spiro atoms. The molecule has 4 rings (SSSR count). The molecule has 8 heteroatoms. The Morgan fingerprint density at radius 2 is 2.19 bits per heavy atom. The van der Waals surface area contributed by atoms with Crippen molar-refractivity contribution >= 4 is 34.0 Å². The molecule has 1 aromatic heterocycles. The summed E-state index contributed by atoms with van der Waals surface area (Å²) in [5, 5.41) is 3.51. The van der Waals surface area contributed by atoms with Gasteiger partial charge in [-0.1, -0.05) is 23.7 Å². The Kier molecular flexibility index (Phi) is 4.72. The standard InChI is InChI=1S/C19H14ClFN2O3S/c1-10-2-3-11(5-15(10)21)4-13-8-22-19(27-13)23-18(24)12-6-14(20)17-16(7-12)25-9-26-17/h2-3,5-8H,4,9H2,1H3,(H,22,23,24). The maximum absolute atomic E-state index is 13.7. The molecule has 0 fully saturated rings. The molecule has 1 aliphatic heterocycles. The first kappa shape index (κ1) is 17.8. The van der Waals surface area contributed by atoms with Gasteiger partial charge in [0.1, 0.15) is 5.82 Å². The van der Waals surface area contributed by atoms with Gasteiger partial charge in [0.05, 0.1) is 5.02 Å². The van der Waals surface area contributed by atoms with Crippen molar-refractivity contribution in [2.45, 2.75) is 13.3 Å². The molecule has 1 amide bonds. The molecular formula is C19H14ClFN2O3S. The number of anilines is 1. The third-order valence-corrected chi connectivity index (χ3v) is 5.27. The SMILES string of the molecule is Cc1ccc(Cc2cnc(NC(=O)c3cc(Cl)c4c(c3)OCO4)s2)cc1F. The second-order valence-corrected chi connectivity index (χ2v) is 7.56. The second kappa shape index (κ2) is 7.17. The summed E-state index contributed by atoms with van der Waals surface area (Å²) >= 11 is 7.45. The van der Waals surface area contributed by atoms with Crippen LogP contribution in [0.2, 0.25) is 5.02 Å². The van der Waals surface area contributed by atoms with Crippen LogP contribution >= 0.6 is 22.9 Å². The van der Waals surface area contributed by atoms with Crippen molar-refractivity contribution in [2.75, 3.05) is 12.1 Å². The fourth-order valence-electron chi connectivity index (χ4n) is 2.66. The normalized spacial score (nSPS) is 12.3. The molecule has 2 heterocycles. The summed E-state index contributed by atoms with van der Waals surface area (Å²) in [4.78, 5) is 17.6. The quantitative estimate of drug-likeness (QED) is 0.677. The Bertz CT molecular complexity index is 1040. The van der Waals surface area contributed by atoms with Gasteiger partial charge in [-0.05, 0) is 36.2 Å². The zero-order valence-electron chi connectivity index (χ0n) is 14.2. The van der Waals surface area contributed by atoms with E-state index in [2.05, 4.69) is 10.3 Å². The number of rotatable bonds is 4. The smallest absolute Gasteiger partial charge is 0.257 e. The monoisotopic (exact) mass is 404 g/mol. The number of nitrogens with one attached hydrogen (secondary N) is 1. The van der Waals surface area contributed by atoms with E-state index in [1.807, 2.05) is 6.07 Å². The summed E-state index contributed by atoms with van der Waals surface area (Å²) in [6.45, 7) is 1.80. The van der Waals surface area contributed by atoms with Gasteiger partial charge in [-0.3, -0.25) is 10.1 Å². The van der Waals surface area contributed by atoms with Gasteiger partial charge in [0, 0.05) is 23.1 Å². The molecule has 138 valence electrons. The summed E-state index contributed by atoms with van der Waals surface area (Å²) in [5.41, 5.74) is 1.81. The number of benzene rings is 2. The topological polar surface area (TPSA) is 60.5 Å². The van der Waals surface area contributed by atoms with Crippen LogP contribution in [0.5, 0.6) is 11.5 Å². The average molecular weight is 405 g/mol. The van der Waals surface area contributed by atoms with Gasteiger partial charge in [-0.2, -0.15) is 0 Å². The lowest BCUT2D eigenvalue weighted by atomic mass is 10.1. The van der Waals surface area contributed by atoms with Crippen molar-refractivity contribution in [1.82, 2.24) is 4.98 Å². The number of aryl methyl sites for hydroxylation is 1. The van der Waals surface area contributed by atoms with Gasteiger partial charge in [-0.15, -0.1) is 11.3 Å². The number of aromatic nitrogens is 1. The van der Waals surface area contributed by atoms with Crippen LogP contribution in [-0.4, -0.2) is 17.7 Å². The number of fused-ring (bicyclic) bond motifs is 1. The van der Waals surface area contributed by atoms with Gasteiger partial charge in [0.2, 0.25) is 6.79 Å². The number of carbonyl (C=O) groups is 1. The van der Waals surface area contributed by atoms with Crippen molar-refractivity contribution in [2.24, 2.45) is 0 Å². The highest BCUT2D eigenvalue weighted by Gasteiger charge is 2.21. The number of carbonyl (C=O) groups excluding carboxylic acids is 1. The summed E-state index contributed by atoms with van der Waals surface area (Å²) in [6, 6.07) is 8.24. The second-order valence-electron chi connectivity index (χ2n) is 6.04. The zero-order valence-corrected chi connectivity index (χ0v) is 15.8. The molecular weight excluding hydrogens is 391 g/mol. The van der Waals surface area contributed by atoms with E-state index in [0.29, 0.717) is 39.2 Å². The van der Waals surface area contributed by atoms with Crippen LogP contribution in [0.1, 0.15) is 26.4 Å². The first-order valence-corrected chi connectivity index (χ1v) is 9.29. The van der Waals surface area contributed by atoms with Crippen molar-refractivity contribution in [1.29, 1.82) is 0 Å². The van der Waals surface area contributed by atoms with Crippen LogP contribution in [0.25, 0.3) is 0 Å². The van der Waals surface area contributed by atoms with Crippen LogP contribution < -0.4 is 14.8 Å². The molecule has 0 saturated carbocycles. The maximum Gasteiger partial charge on any atom is 0.257 e. The van der Waals surface area contributed by atoms with Gasteiger partial charge in [-0.25, -0.2) is 9.37 Å². The van der Waals surface area contributed by atoms with Crippen LogP contribution in [0.4, 0.5) is 9.52 Å². The first-order valence-electron chi connectivity index (χ1n) is 8.10. The van der Waals surface area contributed by atoms with E-state index < -0.39 is 0 Å². The minimum absolute atomic E-state index is 0.0789. The predicted octanol–water partition coefficient (Wildman–Crippen LogP) is 4.82. The lowest BCUT2D eigenvalue weighted by molar-refractivity contribution is 0.102. The molecule has 27 heavy (non-hydrogen) atoms. The largest absolute Gasteiger partial charge is 0.454 e. The van der Waals surface area contributed by atoms with Crippen LogP contribution in [0, 0.1) is 12.7 Å². The minimum atomic E-state index is -0.350. The zero-order chi connectivity index (χ0) is 19.0. The van der Waals surface area contributed by atoms with E-state index in [4.69, 9.17) is 21.1 Å². The van der Waals surface area contributed by atoms with Gasteiger partial charge in [0.25, 0.3) is 5.91 Å². The third kappa shape index (κ3) is 3.74. The Morgan fingerprint density at radius 3 is 3.00 bits per heavy atom. The molecule has 0 atom stereocenters. The number of nitrogens with zero attached hydrogens (tertiary/aromatic N) is 1. The highest BCUT2D eigenvalue weighted by atomic mass is 35.5. The fourth-order valence-corrected chi connectivity index (χ4v) is 3.77. The highest BCUT2D eigenvalue weighted by molar-refractivity contribution is 7.15. The van der Waals surface area contributed by atoms with Crippen LogP contribution in [0.15, 0.2) is 36.5 Å². The van der Waals surface area contributed by atoms with E-state index in [9.17, 15) is 9.18 Å². The summed E-state index contributed by atoms with van der Waals surface area (Å²) in [5.74, 6) is 0.298. The number of amides is 1. The van der Waals surface area contributed by atoms with E-state index in [-0.39, 0.29) is 18.5 Å². The minimum Gasteiger partial charge on any atom is -0.454 e. The van der Waals surface area contributed by atoms with Crippen molar-refractivity contribution in [3.05, 3.63) is 68.9 Å². The molecule has 3 aromatic rings. The maximum atomic E-state index is 13.7. The van der Waals surface area contributed by atoms with Crippen molar-refractivity contribution in [3.63, 3.8) is 0 Å². The molecule has 0 saturated heterocycles. The first-order chi connectivity index (χ1) is 13.0. The predicted molar refractivity (Wildman–Crippen MR) is 102 cm³/mol. The summed E-state index contributed by atoms with van der Waals surface area (Å²) in [7, 11) is 0. The Labute approximate surface area is 163 Å². The van der Waals surface area contributed by atoms with E-state index in [1.165, 1.54) is 23.5 Å². The lowest BCUT2D eigenvalue weighted by Crippen LogP contribution is -2.11. The summed E-state index contributed by atoms with van der Waals surface area (Å²) in [6.07, 6.45) is 2.21. The molecule has 2 aromatic carbocycles. The molecule has 0 bridgehead atoms. The lowest BCUT2D eigenvalue weighted by Gasteiger charge is -2.05. The third-order valence-electron chi connectivity index (χ3n) is 4.08. The van der Waals surface area contributed by atoms with Crippen molar-refractivity contribution < 1.29 is 18.7 Å². The highest BCUT2D eigenvalue weighted by Crippen LogP contribution is 2.40. The number of halogens is 2. The molecule has 0 unspecified atom stereocenters. The van der Waals surface area contributed by atoms with Gasteiger partial charge >= 0.3 is 0 Å². The molecule has 0 radical (unpaired) electrons. The number of hydrogen-bond acceptors (Lipinski definition) is 5.